The number of aryl methyl sites for hydroxylation is 1. The number of hydrogen-bond acceptors (Lipinski definition) is 5. The normalized spacial score (nSPS) is 15.9. The molecule has 18 heavy (non-hydrogen) atoms. The van der Waals surface area contributed by atoms with Gasteiger partial charge in [0, 0.05) is 12.6 Å². The Morgan fingerprint density at radius 3 is 2.94 bits per heavy atom. The lowest BCUT2D eigenvalue weighted by molar-refractivity contribution is 0.283. The average molecular weight is 263 g/mol. The van der Waals surface area contributed by atoms with Crippen LogP contribution in [0.25, 0.3) is 10.2 Å². The molecule has 1 aliphatic rings. The van der Waals surface area contributed by atoms with Crippen LogP contribution in [0.1, 0.15) is 24.8 Å². The van der Waals surface area contributed by atoms with Crippen LogP contribution in [0.4, 0.5) is 5.82 Å². The number of thiophene rings is 1. The maximum atomic E-state index is 9.26. The summed E-state index contributed by atoms with van der Waals surface area (Å²) in [5, 5.41) is 11.4. The van der Waals surface area contributed by atoms with Gasteiger partial charge in [-0.25, -0.2) is 9.97 Å². The zero-order chi connectivity index (χ0) is 12.5. The lowest BCUT2D eigenvalue weighted by Crippen LogP contribution is -2.42. The summed E-state index contributed by atoms with van der Waals surface area (Å²) in [4.78, 5) is 11.1. The van der Waals surface area contributed by atoms with Gasteiger partial charge >= 0.3 is 0 Å². The quantitative estimate of drug-likeness (QED) is 0.920. The van der Waals surface area contributed by atoms with Crippen LogP contribution in [0.5, 0.6) is 0 Å². The number of nitrogens with zero attached hydrogens (tertiary/aromatic N) is 3. The molecule has 0 amide bonds. The Balaban J connectivity index is 2.04. The lowest BCUT2D eigenvalue weighted by atomic mass is 9.91. The molecule has 2 aromatic rings. The number of hydrogen-bond donors (Lipinski definition) is 1. The first kappa shape index (κ1) is 11.9. The van der Waals surface area contributed by atoms with Gasteiger partial charge in [0.25, 0.3) is 0 Å². The molecule has 5 heteroatoms. The number of anilines is 1. The second-order valence-electron chi connectivity index (χ2n) is 4.80. The maximum Gasteiger partial charge on any atom is 0.150 e. The SMILES string of the molecule is Cc1csc2c(N(CCO)C3CCC3)ncnc12. The number of fused-ring (bicyclic) bond motifs is 1. The van der Waals surface area contributed by atoms with E-state index in [2.05, 4.69) is 27.2 Å². The minimum absolute atomic E-state index is 0.173. The molecule has 0 atom stereocenters. The van der Waals surface area contributed by atoms with Crippen molar-refractivity contribution in [1.82, 2.24) is 9.97 Å². The van der Waals surface area contributed by atoms with Crippen LogP contribution in [0.2, 0.25) is 0 Å². The fraction of sp³-hybridized carbons (Fsp3) is 0.538. The van der Waals surface area contributed by atoms with Gasteiger partial charge < -0.3 is 10.0 Å². The highest BCUT2D eigenvalue weighted by Crippen LogP contribution is 2.35. The smallest absolute Gasteiger partial charge is 0.150 e. The molecule has 0 unspecified atom stereocenters. The monoisotopic (exact) mass is 263 g/mol. The molecule has 4 nitrogen and oxygen atoms in total. The van der Waals surface area contributed by atoms with Crippen molar-refractivity contribution in [3.05, 3.63) is 17.3 Å². The Morgan fingerprint density at radius 1 is 1.44 bits per heavy atom. The molecular formula is C13H17N3OS. The van der Waals surface area contributed by atoms with Gasteiger partial charge in [-0.15, -0.1) is 11.3 Å². The molecule has 0 bridgehead atoms. The van der Waals surface area contributed by atoms with Gasteiger partial charge in [-0.3, -0.25) is 0 Å². The van der Waals surface area contributed by atoms with E-state index < -0.39 is 0 Å². The van der Waals surface area contributed by atoms with Crippen LogP contribution in [0.3, 0.4) is 0 Å². The summed E-state index contributed by atoms with van der Waals surface area (Å²) in [6.45, 7) is 2.91. The van der Waals surface area contributed by atoms with Gasteiger partial charge in [0.2, 0.25) is 0 Å². The lowest BCUT2D eigenvalue weighted by Gasteiger charge is -2.38. The largest absolute Gasteiger partial charge is 0.395 e. The number of aliphatic hydroxyl groups is 1. The summed E-state index contributed by atoms with van der Waals surface area (Å²) in [6, 6.07) is 0.539. The third-order valence-electron chi connectivity index (χ3n) is 3.64. The molecule has 0 aromatic carbocycles. The Labute approximate surface area is 110 Å². The Hall–Kier alpha value is -1.20. The molecule has 3 rings (SSSR count). The Morgan fingerprint density at radius 2 is 2.28 bits per heavy atom. The molecule has 1 saturated carbocycles. The van der Waals surface area contributed by atoms with Crippen LogP contribution < -0.4 is 4.90 Å². The van der Waals surface area contributed by atoms with E-state index in [-0.39, 0.29) is 6.61 Å². The van der Waals surface area contributed by atoms with E-state index in [1.54, 1.807) is 17.7 Å². The fourth-order valence-corrected chi connectivity index (χ4v) is 3.44. The summed E-state index contributed by atoms with van der Waals surface area (Å²) in [7, 11) is 0. The maximum absolute atomic E-state index is 9.26. The van der Waals surface area contributed by atoms with Crippen molar-refractivity contribution < 1.29 is 5.11 Å². The topological polar surface area (TPSA) is 49.2 Å². The van der Waals surface area contributed by atoms with Crippen LogP contribution in [-0.4, -0.2) is 34.3 Å². The van der Waals surface area contributed by atoms with E-state index in [0.717, 1.165) is 16.0 Å². The van der Waals surface area contributed by atoms with Crippen LogP contribution in [-0.2, 0) is 0 Å². The molecule has 0 saturated heterocycles. The number of aliphatic hydroxyl groups excluding tert-OH is 1. The molecule has 0 aliphatic heterocycles. The summed E-state index contributed by atoms with van der Waals surface area (Å²) >= 11 is 1.70. The highest BCUT2D eigenvalue weighted by Gasteiger charge is 2.27. The minimum atomic E-state index is 0.173. The second-order valence-corrected chi connectivity index (χ2v) is 5.68. The molecule has 0 spiro atoms. The molecule has 1 N–H and O–H groups in total. The molecule has 1 fully saturated rings. The molecule has 1 aliphatic carbocycles. The van der Waals surface area contributed by atoms with Crippen molar-refractivity contribution in [3.8, 4) is 0 Å². The Bertz CT molecular complexity index is 550. The van der Waals surface area contributed by atoms with E-state index in [9.17, 15) is 5.11 Å². The average Bonchev–Trinajstić information content (AvgIpc) is 2.69. The van der Waals surface area contributed by atoms with E-state index >= 15 is 0 Å². The molecule has 2 aromatic heterocycles. The van der Waals surface area contributed by atoms with Crippen molar-refractivity contribution >= 4 is 27.4 Å². The molecule has 96 valence electrons. The summed E-state index contributed by atoms with van der Waals surface area (Å²) in [5.74, 6) is 0.997. The first-order valence-electron chi connectivity index (χ1n) is 6.37. The van der Waals surface area contributed by atoms with Crippen molar-refractivity contribution in [2.75, 3.05) is 18.1 Å². The van der Waals surface area contributed by atoms with Crippen LogP contribution in [0.15, 0.2) is 11.7 Å². The first-order chi connectivity index (χ1) is 8.81. The van der Waals surface area contributed by atoms with Crippen LogP contribution in [0, 0.1) is 6.92 Å². The zero-order valence-electron chi connectivity index (χ0n) is 10.5. The van der Waals surface area contributed by atoms with Gasteiger partial charge in [-0.05, 0) is 37.1 Å². The van der Waals surface area contributed by atoms with Gasteiger partial charge in [-0.2, -0.15) is 0 Å². The summed E-state index contributed by atoms with van der Waals surface area (Å²) < 4.78 is 1.15. The van der Waals surface area contributed by atoms with E-state index in [0.29, 0.717) is 12.6 Å². The number of rotatable bonds is 4. The minimum Gasteiger partial charge on any atom is -0.395 e. The van der Waals surface area contributed by atoms with Crippen molar-refractivity contribution in [1.29, 1.82) is 0 Å². The van der Waals surface area contributed by atoms with Gasteiger partial charge in [0.1, 0.15) is 12.1 Å². The summed E-state index contributed by atoms with van der Waals surface area (Å²) in [5.41, 5.74) is 2.25. The Kier molecular flexibility index (Phi) is 3.18. The summed E-state index contributed by atoms with van der Waals surface area (Å²) in [6.07, 6.45) is 5.33. The van der Waals surface area contributed by atoms with Crippen molar-refractivity contribution in [2.24, 2.45) is 0 Å². The molecule has 2 heterocycles. The highest BCUT2D eigenvalue weighted by atomic mass is 32.1. The third-order valence-corrected chi connectivity index (χ3v) is 4.72. The van der Waals surface area contributed by atoms with E-state index in [1.165, 1.54) is 24.8 Å². The van der Waals surface area contributed by atoms with E-state index in [1.807, 2.05) is 0 Å². The van der Waals surface area contributed by atoms with Crippen LogP contribution >= 0.6 is 11.3 Å². The molecule has 0 radical (unpaired) electrons. The predicted octanol–water partition coefficient (Wildman–Crippen LogP) is 2.35. The van der Waals surface area contributed by atoms with Gasteiger partial charge in [0.05, 0.1) is 16.8 Å². The third kappa shape index (κ3) is 1.87. The second kappa shape index (κ2) is 4.82. The van der Waals surface area contributed by atoms with Gasteiger partial charge in [-0.1, -0.05) is 0 Å². The van der Waals surface area contributed by atoms with Gasteiger partial charge in [0.15, 0.2) is 0 Å². The van der Waals surface area contributed by atoms with Crippen molar-refractivity contribution in [2.45, 2.75) is 32.2 Å². The number of aromatic nitrogens is 2. The molecular weight excluding hydrogens is 246 g/mol. The van der Waals surface area contributed by atoms with Crippen molar-refractivity contribution in [3.63, 3.8) is 0 Å². The standard InChI is InChI=1S/C13H17N3OS/c1-9-7-18-12-11(9)14-8-15-13(12)16(5-6-17)10-3-2-4-10/h7-8,10,17H,2-6H2,1H3. The zero-order valence-corrected chi connectivity index (χ0v) is 11.3. The predicted molar refractivity (Wildman–Crippen MR) is 74.2 cm³/mol. The van der Waals surface area contributed by atoms with E-state index in [4.69, 9.17) is 0 Å². The highest BCUT2D eigenvalue weighted by molar-refractivity contribution is 7.18. The first-order valence-corrected chi connectivity index (χ1v) is 7.25. The fourth-order valence-electron chi connectivity index (χ4n) is 2.43.